The highest BCUT2D eigenvalue weighted by Crippen LogP contribution is 2.37. The molecule has 6 nitrogen and oxygen atoms in total. The van der Waals surface area contributed by atoms with Gasteiger partial charge >= 0.3 is 0 Å². The van der Waals surface area contributed by atoms with E-state index in [-0.39, 0.29) is 6.04 Å². The molecule has 0 saturated heterocycles. The Balaban J connectivity index is 1.48. The summed E-state index contributed by atoms with van der Waals surface area (Å²) in [4.78, 5) is 14.7. The van der Waals surface area contributed by atoms with E-state index >= 15 is 0 Å². The van der Waals surface area contributed by atoms with Crippen molar-refractivity contribution in [3.05, 3.63) is 59.0 Å². The van der Waals surface area contributed by atoms with Crippen molar-refractivity contribution in [3.8, 4) is 9.88 Å². The summed E-state index contributed by atoms with van der Waals surface area (Å²) in [7, 11) is 0. The summed E-state index contributed by atoms with van der Waals surface area (Å²) in [6, 6.07) is 9.67. The molecule has 0 bridgehead atoms. The summed E-state index contributed by atoms with van der Waals surface area (Å²) in [5, 5.41) is 5.87. The van der Waals surface area contributed by atoms with Gasteiger partial charge in [0.05, 0.1) is 27.4 Å². The molecule has 3 N–H and O–H groups in total. The van der Waals surface area contributed by atoms with E-state index in [1.165, 1.54) is 0 Å². The molecule has 0 amide bonds. The van der Waals surface area contributed by atoms with Crippen LogP contribution in [0.3, 0.4) is 0 Å². The topological polar surface area (TPSA) is 86.0 Å². The highest BCUT2D eigenvalue weighted by atomic mass is 35.5. The lowest BCUT2D eigenvalue weighted by Crippen LogP contribution is -2.31. The van der Waals surface area contributed by atoms with Gasteiger partial charge in [0.1, 0.15) is 5.01 Å². The van der Waals surface area contributed by atoms with E-state index in [4.69, 9.17) is 32.0 Å². The second-order valence-electron chi connectivity index (χ2n) is 6.77. The largest absolute Gasteiger partial charge is 0.375 e. The maximum absolute atomic E-state index is 6.32. The van der Waals surface area contributed by atoms with Gasteiger partial charge in [-0.1, -0.05) is 35.1 Å². The molecule has 9 heteroatoms. The number of hydrogen-bond donors (Lipinski definition) is 2. The number of halogens is 1. The molecule has 4 aromatic rings. The predicted octanol–water partition coefficient (Wildman–Crippen LogP) is 4.99. The Morgan fingerprint density at radius 1 is 1.17 bits per heavy atom. The molecule has 0 aliphatic rings. The highest BCUT2D eigenvalue weighted by Gasteiger charge is 2.17. The van der Waals surface area contributed by atoms with Gasteiger partial charge in [-0.2, -0.15) is 0 Å². The molecule has 0 saturated carbocycles. The Morgan fingerprint density at radius 3 is 2.77 bits per heavy atom. The van der Waals surface area contributed by atoms with Crippen LogP contribution in [0.4, 0.5) is 5.13 Å². The second-order valence-corrected chi connectivity index (χ2v) is 9.23. The van der Waals surface area contributed by atoms with Gasteiger partial charge < -0.3 is 15.8 Å². The molecule has 1 unspecified atom stereocenters. The molecular weight excluding hydrogens is 438 g/mol. The monoisotopic (exact) mass is 459 g/mol. The number of benzene rings is 1. The van der Waals surface area contributed by atoms with Crippen LogP contribution in [0.2, 0.25) is 5.02 Å². The number of hydrogen-bond acceptors (Lipinski definition) is 8. The van der Waals surface area contributed by atoms with Crippen LogP contribution in [0.1, 0.15) is 18.2 Å². The second kappa shape index (κ2) is 9.80. The van der Waals surface area contributed by atoms with E-state index in [1.807, 2.05) is 43.5 Å². The summed E-state index contributed by atoms with van der Waals surface area (Å²) in [5.74, 6) is 0. The molecule has 3 aromatic heterocycles. The van der Waals surface area contributed by atoms with Crippen LogP contribution in [-0.4, -0.2) is 34.1 Å². The SMILES string of the molecule is CCOCc1nc(NCC(N)Cc2ccc(Cl)cc2)sc1-c1nc2ccncc2s1. The Morgan fingerprint density at radius 2 is 2.00 bits per heavy atom. The molecule has 0 aliphatic heterocycles. The molecule has 30 heavy (non-hydrogen) atoms. The number of nitrogens with one attached hydrogen (secondary N) is 1. The van der Waals surface area contributed by atoms with Crippen LogP contribution < -0.4 is 11.1 Å². The minimum absolute atomic E-state index is 0.0395. The zero-order chi connectivity index (χ0) is 20.9. The molecule has 0 spiro atoms. The Kier molecular flexibility index (Phi) is 6.91. The highest BCUT2D eigenvalue weighted by molar-refractivity contribution is 7.26. The van der Waals surface area contributed by atoms with Crippen molar-refractivity contribution in [2.75, 3.05) is 18.5 Å². The van der Waals surface area contributed by atoms with Crippen LogP contribution in [-0.2, 0) is 17.8 Å². The minimum atomic E-state index is -0.0395. The average molecular weight is 460 g/mol. The fraction of sp³-hybridized carbons (Fsp3) is 0.286. The van der Waals surface area contributed by atoms with Crippen LogP contribution in [0, 0.1) is 0 Å². The Hall–Kier alpha value is -2.10. The van der Waals surface area contributed by atoms with E-state index in [9.17, 15) is 0 Å². The number of nitrogens with two attached hydrogens (primary N) is 1. The number of anilines is 1. The number of rotatable bonds is 9. The fourth-order valence-corrected chi connectivity index (χ4v) is 5.11. The first kappa shape index (κ1) is 21.1. The zero-order valence-electron chi connectivity index (χ0n) is 16.5. The van der Waals surface area contributed by atoms with Crippen molar-refractivity contribution in [1.29, 1.82) is 0 Å². The molecule has 0 aliphatic carbocycles. The third kappa shape index (κ3) is 5.14. The van der Waals surface area contributed by atoms with E-state index in [2.05, 4.69) is 10.3 Å². The Bertz CT molecular complexity index is 1080. The third-order valence-electron chi connectivity index (χ3n) is 4.45. The van der Waals surface area contributed by atoms with Crippen molar-refractivity contribution in [2.24, 2.45) is 5.73 Å². The standard InChI is InChI=1S/C21H22ClN5OS2/c1-2-28-12-17-19(20-26-16-7-8-24-11-18(16)29-20)30-21(27-17)25-10-15(23)9-13-3-5-14(22)6-4-13/h3-8,11,15H,2,9-10,12,23H2,1H3,(H,25,27). The van der Waals surface area contributed by atoms with Gasteiger partial charge in [0.15, 0.2) is 5.13 Å². The normalized spacial score (nSPS) is 12.4. The lowest BCUT2D eigenvalue weighted by molar-refractivity contribution is 0.132. The van der Waals surface area contributed by atoms with E-state index < -0.39 is 0 Å². The van der Waals surface area contributed by atoms with Gasteiger partial charge in [0.2, 0.25) is 0 Å². The van der Waals surface area contributed by atoms with E-state index in [0.717, 1.165) is 47.9 Å². The van der Waals surface area contributed by atoms with Gasteiger partial charge in [0, 0.05) is 36.6 Å². The molecule has 0 fully saturated rings. The zero-order valence-corrected chi connectivity index (χ0v) is 18.9. The van der Waals surface area contributed by atoms with Gasteiger partial charge in [-0.05, 0) is 37.1 Å². The van der Waals surface area contributed by atoms with E-state index in [1.54, 1.807) is 28.9 Å². The first-order valence-corrected chi connectivity index (χ1v) is 11.7. The van der Waals surface area contributed by atoms with Crippen molar-refractivity contribution in [3.63, 3.8) is 0 Å². The molecule has 1 aromatic carbocycles. The number of pyridine rings is 1. The van der Waals surface area contributed by atoms with Crippen LogP contribution in [0.5, 0.6) is 0 Å². The predicted molar refractivity (Wildman–Crippen MR) is 125 cm³/mol. The van der Waals surface area contributed by atoms with Crippen molar-refractivity contribution in [1.82, 2.24) is 15.0 Å². The smallest absolute Gasteiger partial charge is 0.183 e. The first-order valence-electron chi connectivity index (χ1n) is 9.64. The number of thiazole rings is 2. The maximum atomic E-state index is 6.32. The molecular formula is C21H22ClN5OS2. The molecule has 156 valence electrons. The molecule has 3 heterocycles. The summed E-state index contributed by atoms with van der Waals surface area (Å²) in [6.07, 6.45) is 4.36. The number of nitrogens with zero attached hydrogens (tertiary/aromatic N) is 3. The summed E-state index contributed by atoms with van der Waals surface area (Å²) in [6.45, 7) is 3.68. The van der Waals surface area contributed by atoms with Crippen molar-refractivity contribution < 1.29 is 4.74 Å². The van der Waals surface area contributed by atoms with Crippen LogP contribution >= 0.6 is 34.3 Å². The number of fused-ring (bicyclic) bond motifs is 1. The molecule has 0 radical (unpaired) electrons. The first-order chi connectivity index (χ1) is 14.6. The van der Waals surface area contributed by atoms with Crippen molar-refractivity contribution in [2.45, 2.75) is 26.0 Å². The van der Waals surface area contributed by atoms with Crippen LogP contribution in [0.15, 0.2) is 42.7 Å². The average Bonchev–Trinajstić information content (AvgIpc) is 3.36. The van der Waals surface area contributed by atoms with Crippen molar-refractivity contribution >= 4 is 49.6 Å². The van der Waals surface area contributed by atoms with Gasteiger partial charge in [0.25, 0.3) is 0 Å². The quantitative estimate of drug-likeness (QED) is 0.367. The lowest BCUT2D eigenvalue weighted by atomic mass is 10.1. The summed E-state index contributed by atoms with van der Waals surface area (Å²) in [5.41, 5.74) is 9.32. The summed E-state index contributed by atoms with van der Waals surface area (Å²) >= 11 is 9.15. The molecule has 4 rings (SSSR count). The maximum Gasteiger partial charge on any atom is 0.183 e. The van der Waals surface area contributed by atoms with Gasteiger partial charge in [-0.15, -0.1) is 11.3 Å². The third-order valence-corrected chi connectivity index (χ3v) is 6.92. The Labute approximate surface area is 188 Å². The number of aromatic nitrogens is 3. The van der Waals surface area contributed by atoms with Gasteiger partial charge in [-0.25, -0.2) is 9.97 Å². The van der Waals surface area contributed by atoms with E-state index in [0.29, 0.717) is 19.8 Å². The fourth-order valence-electron chi connectivity index (χ4n) is 2.98. The lowest BCUT2D eigenvalue weighted by Gasteiger charge is -2.12. The van der Waals surface area contributed by atoms with Gasteiger partial charge in [-0.3, -0.25) is 4.98 Å². The number of ether oxygens (including phenoxy) is 1. The van der Waals surface area contributed by atoms with Crippen LogP contribution in [0.25, 0.3) is 20.1 Å². The minimum Gasteiger partial charge on any atom is -0.375 e. The summed E-state index contributed by atoms with van der Waals surface area (Å²) < 4.78 is 6.69. The molecule has 1 atom stereocenters.